The van der Waals surface area contributed by atoms with Crippen LogP contribution in [-0.2, 0) is 23.9 Å². The molecule has 1 saturated heterocycles. The summed E-state index contributed by atoms with van der Waals surface area (Å²) in [5.41, 5.74) is -1.16. The molecule has 1 aliphatic heterocycles. The smallest absolute Gasteiger partial charge is 0.191 e. The predicted octanol–water partition coefficient (Wildman–Crippen LogP) is 0.300. The number of aryl methyl sites for hydroxylation is 2. The Bertz CT molecular complexity index is 837. The average Bonchev–Trinajstić information content (AvgIpc) is 3.31. The van der Waals surface area contributed by atoms with Crippen LogP contribution in [0.5, 0.6) is 0 Å². The Labute approximate surface area is 177 Å². The van der Waals surface area contributed by atoms with Gasteiger partial charge in [-0.15, -0.1) is 10.2 Å². The van der Waals surface area contributed by atoms with E-state index in [0.717, 1.165) is 56.8 Å². The van der Waals surface area contributed by atoms with Crippen molar-refractivity contribution in [2.75, 3.05) is 45.9 Å². The molecule has 2 aromatic heterocycles. The van der Waals surface area contributed by atoms with Crippen LogP contribution in [0.15, 0.2) is 21.5 Å². The quantitative estimate of drug-likeness (QED) is 0.414. The minimum absolute atomic E-state index is 0.251. The van der Waals surface area contributed by atoms with Crippen LogP contribution in [0, 0.1) is 13.8 Å². The zero-order valence-corrected chi connectivity index (χ0v) is 18.3. The molecule has 0 amide bonds. The molecule has 0 saturated carbocycles. The standard InChI is InChI=1S/C20H33N7O3/c1-15-5-6-17(30-15)20(3,28)14-23-19(21-7-8-27-9-11-29-12-10-27)22-13-18-25-24-16(2)26(18)4/h5-6,28H,7-14H2,1-4H3,(H2,21,22,23). The van der Waals surface area contributed by atoms with Gasteiger partial charge in [-0.05, 0) is 32.9 Å². The number of morpholine rings is 1. The van der Waals surface area contributed by atoms with E-state index in [2.05, 4.69) is 30.7 Å². The van der Waals surface area contributed by atoms with Crippen LogP contribution < -0.4 is 10.6 Å². The number of nitrogens with zero attached hydrogens (tertiary/aromatic N) is 5. The SMILES string of the molecule is Cc1ccc(C(C)(O)CNC(=NCc2nnc(C)n2C)NCCN2CCOCC2)o1. The lowest BCUT2D eigenvalue weighted by molar-refractivity contribution is 0.0369. The van der Waals surface area contributed by atoms with Crippen LogP contribution in [0.3, 0.4) is 0 Å². The van der Waals surface area contributed by atoms with Gasteiger partial charge in [-0.1, -0.05) is 0 Å². The topological polar surface area (TPSA) is 113 Å². The van der Waals surface area contributed by atoms with Crippen LogP contribution in [-0.4, -0.2) is 76.7 Å². The second-order valence-electron chi connectivity index (χ2n) is 7.81. The Kier molecular flexibility index (Phi) is 7.46. The van der Waals surface area contributed by atoms with E-state index in [0.29, 0.717) is 18.3 Å². The summed E-state index contributed by atoms with van der Waals surface area (Å²) < 4.78 is 12.9. The van der Waals surface area contributed by atoms with Crippen molar-refractivity contribution >= 4 is 5.96 Å². The molecular formula is C20H33N7O3. The third kappa shape index (κ3) is 6.04. The van der Waals surface area contributed by atoms with Gasteiger partial charge in [-0.25, -0.2) is 4.99 Å². The molecule has 0 spiro atoms. The summed E-state index contributed by atoms with van der Waals surface area (Å²) in [6.45, 7) is 11.2. The van der Waals surface area contributed by atoms with Gasteiger partial charge in [-0.3, -0.25) is 4.90 Å². The van der Waals surface area contributed by atoms with Crippen molar-refractivity contribution in [3.8, 4) is 0 Å². The van der Waals surface area contributed by atoms with E-state index >= 15 is 0 Å². The fraction of sp³-hybridized carbons (Fsp3) is 0.650. The predicted molar refractivity (Wildman–Crippen MR) is 113 cm³/mol. The van der Waals surface area contributed by atoms with Crippen molar-refractivity contribution in [2.24, 2.45) is 12.0 Å². The molecule has 3 rings (SSSR count). The number of hydrogen-bond donors (Lipinski definition) is 3. The number of ether oxygens (including phenoxy) is 1. The minimum atomic E-state index is -1.16. The lowest BCUT2D eigenvalue weighted by atomic mass is 10.0. The highest BCUT2D eigenvalue weighted by atomic mass is 16.5. The first-order valence-corrected chi connectivity index (χ1v) is 10.3. The Balaban J connectivity index is 1.61. The molecule has 0 radical (unpaired) electrons. The number of guanidine groups is 1. The van der Waals surface area contributed by atoms with Crippen molar-refractivity contribution in [2.45, 2.75) is 32.9 Å². The van der Waals surface area contributed by atoms with Crippen molar-refractivity contribution < 1.29 is 14.3 Å². The van der Waals surface area contributed by atoms with Gasteiger partial charge in [0.15, 0.2) is 11.8 Å². The summed E-state index contributed by atoms with van der Waals surface area (Å²) in [6, 6.07) is 3.64. The molecule has 1 fully saturated rings. The molecule has 3 heterocycles. The van der Waals surface area contributed by atoms with Crippen LogP contribution in [0.2, 0.25) is 0 Å². The summed E-state index contributed by atoms with van der Waals surface area (Å²) in [5, 5.41) is 25.6. The Morgan fingerprint density at radius 1 is 1.23 bits per heavy atom. The van der Waals surface area contributed by atoms with Crippen molar-refractivity contribution in [3.05, 3.63) is 35.3 Å². The van der Waals surface area contributed by atoms with Gasteiger partial charge in [0.2, 0.25) is 0 Å². The summed E-state index contributed by atoms with van der Waals surface area (Å²) >= 11 is 0. The molecule has 30 heavy (non-hydrogen) atoms. The van der Waals surface area contributed by atoms with E-state index in [-0.39, 0.29) is 6.54 Å². The van der Waals surface area contributed by atoms with E-state index < -0.39 is 5.60 Å². The number of furan rings is 1. The third-order valence-electron chi connectivity index (χ3n) is 5.26. The second-order valence-corrected chi connectivity index (χ2v) is 7.81. The molecule has 10 nitrogen and oxygen atoms in total. The van der Waals surface area contributed by atoms with Gasteiger partial charge >= 0.3 is 0 Å². The Hall–Kier alpha value is -2.43. The molecule has 10 heteroatoms. The zero-order valence-electron chi connectivity index (χ0n) is 18.3. The van der Waals surface area contributed by atoms with Crippen molar-refractivity contribution in [1.29, 1.82) is 0 Å². The first kappa shape index (κ1) is 22.3. The lowest BCUT2D eigenvalue weighted by Gasteiger charge is -2.27. The Morgan fingerprint density at radius 2 is 2.00 bits per heavy atom. The molecule has 1 atom stereocenters. The molecule has 1 unspecified atom stereocenters. The van der Waals surface area contributed by atoms with Crippen LogP contribution in [0.25, 0.3) is 0 Å². The van der Waals surface area contributed by atoms with E-state index in [1.54, 1.807) is 13.0 Å². The third-order valence-corrected chi connectivity index (χ3v) is 5.26. The minimum Gasteiger partial charge on any atom is -0.463 e. The number of aliphatic imine (C=N–C) groups is 1. The maximum atomic E-state index is 10.8. The van der Waals surface area contributed by atoms with Gasteiger partial charge in [0.05, 0.1) is 19.8 Å². The number of nitrogens with one attached hydrogen (secondary N) is 2. The fourth-order valence-electron chi connectivity index (χ4n) is 3.14. The first-order valence-electron chi connectivity index (χ1n) is 10.3. The van der Waals surface area contributed by atoms with E-state index in [1.165, 1.54) is 0 Å². The molecule has 3 N–H and O–H groups in total. The van der Waals surface area contributed by atoms with Crippen molar-refractivity contribution in [3.63, 3.8) is 0 Å². The summed E-state index contributed by atoms with van der Waals surface area (Å²) in [7, 11) is 1.92. The fourth-order valence-corrected chi connectivity index (χ4v) is 3.14. The summed E-state index contributed by atoms with van der Waals surface area (Å²) in [4.78, 5) is 6.99. The second kappa shape index (κ2) is 10.1. The van der Waals surface area contributed by atoms with E-state index in [1.807, 2.05) is 31.5 Å². The van der Waals surface area contributed by atoms with Gasteiger partial charge in [0.25, 0.3) is 0 Å². The monoisotopic (exact) mass is 419 g/mol. The summed E-state index contributed by atoms with van der Waals surface area (Å²) in [5.74, 6) is 3.50. The average molecular weight is 420 g/mol. The zero-order chi connectivity index (χ0) is 21.6. The van der Waals surface area contributed by atoms with Crippen LogP contribution in [0.4, 0.5) is 0 Å². The molecule has 0 aliphatic carbocycles. The normalized spacial score (nSPS) is 17.7. The largest absolute Gasteiger partial charge is 0.463 e. The van der Waals surface area contributed by atoms with Gasteiger partial charge in [-0.2, -0.15) is 0 Å². The molecule has 0 bridgehead atoms. The lowest BCUT2D eigenvalue weighted by Crippen LogP contribution is -2.47. The molecular weight excluding hydrogens is 386 g/mol. The maximum absolute atomic E-state index is 10.8. The first-order chi connectivity index (χ1) is 14.3. The van der Waals surface area contributed by atoms with Crippen LogP contribution >= 0.6 is 0 Å². The van der Waals surface area contributed by atoms with Gasteiger partial charge in [0, 0.05) is 33.2 Å². The number of aliphatic hydroxyl groups is 1. The number of rotatable bonds is 8. The number of hydrogen-bond acceptors (Lipinski definition) is 7. The summed E-state index contributed by atoms with van der Waals surface area (Å²) in [6.07, 6.45) is 0. The molecule has 1 aliphatic rings. The highest BCUT2D eigenvalue weighted by Gasteiger charge is 2.27. The van der Waals surface area contributed by atoms with Crippen LogP contribution in [0.1, 0.15) is 30.1 Å². The van der Waals surface area contributed by atoms with Gasteiger partial charge < -0.3 is 29.5 Å². The van der Waals surface area contributed by atoms with E-state index in [4.69, 9.17) is 9.15 Å². The highest BCUT2D eigenvalue weighted by molar-refractivity contribution is 5.79. The van der Waals surface area contributed by atoms with Gasteiger partial charge in [0.1, 0.15) is 29.5 Å². The molecule has 0 aromatic carbocycles. The maximum Gasteiger partial charge on any atom is 0.191 e. The molecule has 2 aromatic rings. The van der Waals surface area contributed by atoms with E-state index in [9.17, 15) is 5.11 Å². The highest BCUT2D eigenvalue weighted by Crippen LogP contribution is 2.21. The molecule has 166 valence electrons. The number of aromatic nitrogens is 3. The van der Waals surface area contributed by atoms with Crippen molar-refractivity contribution in [1.82, 2.24) is 30.3 Å². The Morgan fingerprint density at radius 3 is 2.63 bits per heavy atom.